The molecule has 0 radical (unpaired) electrons. The summed E-state index contributed by atoms with van der Waals surface area (Å²) in [5.74, 6) is 0.592. The van der Waals surface area contributed by atoms with E-state index in [1.165, 1.54) is 0 Å². The Morgan fingerprint density at radius 1 is 0.938 bits per heavy atom. The van der Waals surface area contributed by atoms with Gasteiger partial charge in [0, 0.05) is 31.9 Å². The third kappa shape index (κ3) is 3.89. The molecule has 0 saturated carbocycles. The molecule has 32 heavy (non-hydrogen) atoms. The van der Waals surface area contributed by atoms with Crippen molar-refractivity contribution in [1.82, 2.24) is 19.9 Å². The summed E-state index contributed by atoms with van der Waals surface area (Å²) in [6.45, 7) is 4.61. The van der Waals surface area contributed by atoms with E-state index in [0.717, 1.165) is 41.1 Å². The molecule has 7 nitrogen and oxygen atoms in total. The second-order valence-electron chi connectivity index (χ2n) is 8.19. The van der Waals surface area contributed by atoms with E-state index in [1.54, 1.807) is 11.0 Å². The molecule has 1 saturated heterocycles. The number of imidazole rings is 1. The van der Waals surface area contributed by atoms with E-state index in [2.05, 4.69) is 19.9 Å². The van der Waals surface area contributed by atoms with Crippen molar-refractivity contribution in [1.29, 1.82) is 0 Å². The van der Waals surface area contributed by atoms with Crippen molar-refractivity contribution in [2.24, 2.45) is 0 Å². The first-order valence-electron chi connectivity index (χ1n) is 10.9. The fraction of sp³-hybridized carbons (Fsp3) is 0.240. The van der Waals surface area contributed by atoms with Crippen LogP contribution in [0.25, 0.3) is 22.3 Å². The summed E-state index contributed by atoms with van der Waals surface area (Å²) in [7, 11) is 0. The lowest BCUT2D eigenvalue weighted by Gasteiger charge is -2.21. The number of aromatic amines is 2. The van der Waals surface area contributed by atoms with Crippen LogP contribution in [-0.2, 0) is 0 Å². The second-order valence-corrected chi connectivity index (χ2v) is 8.19. The lowest BCUT2D eigenvalue weighted by Crippen LogP contribution is -2.38. The number of fused-ring (bicyclic) bond motifs is 1. The van der Waals surface area contributed by atoms with Crippen LogP contribution < -0.4 is 10.5 Å². The van der Waals surface area contributed by atoms with E-state index in [0.29, 0.717) is 25.3 Å². The Bertz CT molecular complexity index is 1310. The predicted molar refractivity (Wildman–Crippen MR) is 126 cm³/mol. The lowest BCUT2D eigenvalue weighted by molar-refractivity contribution is 0.0765. The molecule has 5 rings (SSSR count). The number of aromatic nitrogens is 3. The number of anilines is 1. The van der Waals surface area contributed by atoms with Crippen LogP contribution in [0.15, 0.2) is 65.5 Å². The number of carbonyl (C=O) groups excluding carboxylic acids is 1. The van der Waals surface area contributed by atoms with Crippen LogP contribution in [0.5, 0.6) is 0 Å². The van der Waals surface area contributed by atoms with Crippen molar-refractivity contribution in [3.63, 3.8) is 0 Å². The van der Waals surface area contributed by atoms with Gasteiger partial charge < -0.3 is 19.8 Å². The first kappa shape index (κ1) is 20.1. The Labute approximate surface area is 185 Å². The van der Waals surface area contributed by atoms with Gasteiger partial charge in [0.1, 0.15) is 5.56 Å². The van der Waals surface area contributed by atoms with E-state index in [-0.39, 0.29) is 17.0 Å². The maximum atomic E-state index is 13.1. The summed E-state index contributed by atoms with van der Waals surface area (Å²) in [5, 5.41) is 0. The molecule has 1 amide bonds. The highest BCUT2D eigenvalue weighted by atomic mass is 16.2. The van der Waals surface area contributed by atoms with Gasteiger partial charge in [-0.05, 0) is 49.2 Å². The molecule has 2 aromatic heterocycles. The smallest absolute Gasteiger partial charge is 0.261 e. The van der Waals surface area contributed by atoms with Crippen LogP contribution in [0, 0.1) is 6.92 Å². The van der Waals surface area contributed by atoms with Gasteiger partial charge in [0.15, 0.2) is 0 Å². The topological polar surface area (TPSA) is 85.1 Å². The average Bonchev–Trinajstić information content (AvgIpc) is 3.08. The summed E-state index contributed by atoms with van der Waals surface area (Å²) < 4.78 is 0. The first-order chi connectivity index (χ1) is 15.6. The predicted octanol–water partition coefficient (Wildman–Crippen LogP) is 3.58. The fourth-order valence-electron chi connectivity index (χ4n) is 4.21. The molecule has 0 unspecified atom stereocenters. The number of rotatable bonds is 3. The molecule has 7 heteroatoms. The Morgan fingerprint density at radius 3 is 2.62 bits per heavy atom. The number of hydrogen-bond donors (Lipinski definition) is 2. The molecule has 0 aliphatic carbocycles. The van der Waals surface area contributed by atoms with Crippen LogP contribution in [0.2, 0.25) is 0 Å². The molecule has 0 spiro atoms. The monoisotopic (exact) mass is 427 g/mol. The Kier molecular flexibility index (Phi) is 5.23. The summed E-state index contributed by atoms with van der Waals surface area (Å²) in [6.07, 6.45) is 0.808. The number of pyridine rings is 1. The number of nitrogens with zero attached hydrogens (tertiary/aromatic N) is 3. The number of aryl methyl sites for hydroxylation is 1. The summed E-state index contributed by atoms with van der Waals surface area (Å²) in [4.78, 5) is 40.7. The average molecular weight is 428 g/mol. The largest absolute Gasteiger partial charge is 0.341 e. The maximum Gasteiger partial charge on any atom is 0.261 e. The third-order valence-corrected chi connectivity index (χ3v) is 5.93. The molecule has 1 fully saturated rings. The zero-order chi connectivity index (χ0) is 22.1. The van der Waals surface area contributed by atoms with Crippen LogP contribution in [0.4, 0.5) is 5.95 Å². The van der Waals surface area contributed by atoms with Crippen molar-refractivity contribution in [2.45, 2.75) is 13.3 Å². The van der Waals surface area contributed by atoms with E-state index < -0.39 is 0 Å². The van der Waals surface area contributed by atoms with E-state index in [4.69, 9.17) is 0 Å². The Hall–Kier alpha value is -3.87. The van der Waals surface area contributed by atoms with Crippen molar-refractivity contribution in [3.8, 4) is 11.3 Å². The number of benzene rings is 2. The van der Waals surface area contributed by atoms with Gasteiger partial charge in [0.25, 0.3) is 11.5 Å². The molecule has 2 aromatic carbocycles. The molecule has 3 heterocycles. The Morgan fingerprint density at radius 2 is 1.81 bits per heavy atom. The van der Waals surface area contributed by atoms with Crippen LogP contribution in [-0.4, -0.2) is 51.9 Å². The lowest BCUT2D eigenvalue weighted by atomic mass is 10.1. The van der Waals surface area contributed by atoms with Crippen LogP contribution in [0.1, 0.15) is 22.3 Å². The number of nitrogens with one attached hydrogen (secondary N) is 2. The molecule has 162 valence electrons. The number of H-pyrrole nitrogens is 2. The van der Waals surface area contributed by atoms with Gasteiger partial charge in [-0.25, -0.2) is 4.98 Å². The normalized spacial score (nSPS) is 14.5. The minimum atomic E-state index is -0.354. The second kappa shape index (κ2) is 8.34. The number of para-hydroxylation sites is 2. The van der Waals surface area contributed by atoms with E-state index in [1.807, 2.05) is 61.5 Å². The number of hydrogen-bond acceptors (Lipinski definition) is 4. The van der Waals surface area contributed by atoms with Gasteiger partial charge in [-0.2, -0.15) is 0 Å². The van der Waals surface area contributed by atoms with Gasteiger partial charge in [-0.1, -0.05) is 35.9 Å². The summed E-state index contributed by atoms with van der Waals surface area (Å²) in [6, 6.07) is 19.3. The number of amides is 1. The molecular weight excluding hydrogens is 402 g/mol. The van der Waals surface area contributed by atoms with Gasteiger partial charge >= 0.3 is 0 Å². The fourth-order valence-corrected chi connectivity index (χ4v) is 4.21. The minimum Gasteiger partial charge on any atom is -0.341 e. The van der Waals surface area contributed by atoms with Gasteiger partial charge in [-0.15, -0.1) is 0 Å². The van der Waals surface area contributed by atoms with Gasteiger partial charge in [0.05, 0.1) is 11.0 Å². The van der Waals surface area contributed by atoms with E-state index in [9.17, 15) is 9.59 Å². The molecule has 4 aromatic rings. The molecular formula is C25H25N5O2. The quantitative estimate of drug-likeness (QED) is 0.523. The molecule has 1 aliphatic heterocycles. The molecule has 0 atom stereocenters. The van der Waals surface area contributed by atoms with Crippen LogP contribution >= 0.6 is 0 Å². The maximum absolute atomic E-state index is 13.1. The van der Waals surface area contributed by atoms with Crippen molar-refractivity contribution in [3.05, 3.63) is 82.1 Å². The highest BCUT2D eigenvalue weighted by Crippen LogP contribution is 2.20. The molecule has 0 bridgehead atoms. The number of carbonyl (C=O) groups is 1. The zero-order valence-corrected chi connectivity index (χ0v) is 18.0. The zero-order valence-electron chi connectivity index (χ0n) is 18.0. The Balaban J connectivity index is 1.32. The van der Waals surface area contributed by atoms with E-state index >= 15 is 0 Å². The van der Waals surface area contributed by atoms with Gasteiger partial charge in [-0.3, -0.25) is 9.59 Å². The highest BCUT2D eigenvalue weighted by Gasteiger charge is 2.23. The van der Waals surface area contributed by atoms with Crippen molar-refractivity contribution in [2.75, 3.05) is 31.1 Å². The van der Waals surface area contributed by atoms with Gasteiger partial charge in [0.2, 0.25) is 5.95 Å². The third-order valence-electron chi connectivity index (χ3n) is 5.93. The SMILES string of the molecule is Cc1cccc(-c2ccc(C(=O)N3CCCN(c4nc5ccccc5[nH]4)CC3)c(=O)[nH]2)c1. The summed E-state index contributed by atoms with van der Waals surface area (Å²) in [5.41, 5.74) is 4.51. The summed E-state index contributed by atoms with van der Waals surface area (Å²) >= 11 is 0. The molecule has 1 aliphatic rings. The first-order valence-corrected chi connectivity index (χ1v) is 10.9. The molecule has 2 N–H and O–H groups in total. The van der Waals surface area contributed by atoms with Crippen molar-refractivity contribution >= 4 is 22.9 Å². The minimum absolute atomic E-state index is 0.179. The standard InChI is InChI=1S/C25H25N5O2/c1-17-6-4-7-18(16-17)20-11-10-19(23(31)26-20)24(32)29-12-5-13-30(15-14-29)25-27-21-8-2-3-9-22(21)28-25/h2-4,6-11,16H,5,12-15H2,1H3,(H,26,31)(H,27,28). The highest BCUT2D eigenvalue weighted by molar-refractivity contribution is 5.94. The van der Waals surface area contributed by atoms with Crippen molar-refractivity contribution < 1.29 is 4.79 Å². The van der Waals surface area contributed by atoms with Crippen LogP contribution in [0.3, 0.4) is 0 Å².